The Morgan fingerprint density at radius 1 is 0.962 bits per heavy atom. The number of hydrogen-bond donors (Lipinski definition) is 2. The molecular weight excluding hydrogens is 376 g/mol. The van der Waals surface area contributed by atoms with E-state index in [1.807, 2.05) is 0 Å². The van der Waals surface area contributed by atoms with Crippen molar-refractivity contribution in [3.63, 3.8) is 0 Å². The summed E-state index contributed by atoms with van der Waals surface area (Å²) < 4.78 is 28.6. The number of para-hydroxylation sites is 1. The number of furan rings is 1. The molecule has 9 heteroatoms. The number of sulfone groups is 1. The molecule has 2 N–H and O–H groups in total. The zero-order chi connectivity index (χ0) is 18.7. The van der Waals surface area contributed by atoms with Crippen LogP contribution in [0.2, 0.25) is 0 Å². The second-order valence-electron chi connectivity index (χ2n) is 5.32. The van der Waals surface area contributed by atoms with Crippen LogP contribution in [0.5, 0.6) is 0 Å². The van der Waals surface area contributed by atoms with Gasteiger partial charge in [0.05, 0.1) is 26.7 Å². The van der Waals surface area contributed by atoms with Gasteiger partial charge in [-0.05, 0) is 36.4 Å². The van der Waals surface area contributed by atoms with E-state index in [2.05, 4.69) is 10.6 Å². The van der Waals surface area contributed by atoms with Crippen LogP contribution in [-0.4, -0.2) is 26.5 Å². The molecule has 0 fully saturated rings. The predicted octanol–water partition coefficient (Wildman–Crippen LogP) is 3.25. The van der Waals surface area contributed by atoms with Crippen molar-refractivity contribution < 1.29 is 22.4 Å². The molecule has 0 radical (unpaired) electrons. The van der Waals surface area contributed by atoms with Crippen molar-refractivity contribution in [3.8, 4) is 0 Å². The third-order valence-corrected chi connectivity index (χ3v) is 5.50. The Morgan fingerprint density at radius 3 is 2.42 bits per heavy atom. The zero-order valence-corrected chi connectivity index (χ0v) is 15.2. The third kappa shape index (κ3) is 4.01. The summed E-state index contributed by atoms with van der Waals surface area (Å²) in [6, 6.07) is 12.4. The van der Waals surface area contributed by atoms with Gasteiger partial charge in [0.25, 0.3) is 11.8 Å². The summed E-state index contributed by atoms with van der Waals surface area (Å²) in [5.74, 6) is -0.734. The minimum atomic E-state index is -3.48. The van der Waals surface area contributed by atoms with Crippen LogP contribution in [0, 0.1) is 0 Å². The van der Waals surface area contributed by atoms with E-state index >= 15 is 0 Å². The summed E-state index contributed by atoms with van der Waals surface area (Å²) >= 11 is 1.06. The van der Waals surface area contributed by atoms with E-state index in [0.717, 1.165) is 17.6 Å². The fraction of sp³-hybridized carbons (Fsp3) is 0.0588. The molecule has 2 amide bonds. The van der Waals surface area contributed by atoms with Gasteiger partial charge in [-0.2, -0.15) is 0 Å². The van der Waals surface area contributed by atoms with Crippen LogP contribution in [0.4, 0.5) is 10.7 Å². The lowest BCUT2D eigenvalue weighted by Gasteiger charge is -2.08. The largest absolute Gasteiger partial charge is 0.459 e. The average Bonchev–Trinajstić information content (AvgIpc) is 3.26. The fourth-order valence-electron chi connectivity index (χ4n) is 2.19. The van der Waals surface area contributed by atoms with Crippen LogP contribution >= 0.6 is 11.3 Å². The van der Waals surface area contributed by atoms with Crippen LogP contribution in [0.1, 0.15) is 20.2 Å². The van der Waals surface area contributed by atoms with E-state index in [0.29, 0.717) is 9.88 Å². The van der Waals surface area contributed by atoms with Gasteiger partial charge in [0.1, 0.15) is 0 Å². The van der Waals surface area contributed by atoms with Gasteiger partial charge < -0.3 is 15.1 Å². The zero-order valence-electron chi connectivity index (χ0n) is 13.6. The normalized spacial score (nSPS) is 11.1. The first kappa shape index (κ1) is 17.9. The molecule has 7 nitrogen and oxygen atoms in total. The van der Waals surface area contributed by atoms with E-state index in [9.17, 15) is 18.0 Å². The highest BCUT2D eigenvalue weighted by Gasteiger charge is 2.17. The lowest BCUT2D eigenvalue weighted by molar-refractivity contribution is 0.0995. The van der Waals surface area contributed by atoms with E-state index < -0.39 is 21.7 Å². The molecule has 134 valence electrons. The topological polar surface area (TPSA) is 105 Å². The second kappa shape index (κ2) is 7.14. The number of carbonyl (C=O) groups excluding carboxylic acids is 2. The molecule has 3 aromatic rings. The van der Waals surface area contributed by atoms with E-state index in [1.54, 1.807) is 30.3 Å². The van der Waals surface area contributed by atoms with Crippen LogP contribution in [0.25, 0.3) is 0 Å². The monoisotopic (exact) mass is 390 g/mol. The minimum absolute atomic E-state index is 0.0382. The molecule has 0 saturated heterocycles. The molecule has 3 rings (SSSR count). The van der Waals surface area contributed by atoms with Crippen molar-refractivity contribution in [3.05, 3.63) is 65.4 Å². The highest BCUT2D eigenvalue weighted by Crippen LogP contribution is 2.26. The Bertz CT molecular complexity index is 1050. The van der Waals surface area contributed by atoms with Gasteiger partial charge in [-0.15, -0.1) is 11.3 Å². The predicted molar refractivity (Wildman–Crippen MR) is 98.5 cm³/mol. The molecule has 0 bridgehead atoms. The summed E-state index contributed by atoms with van der Waals surface area (Å²) in [6.45, 7) is 0. The van der Waals surface area contributed by atoms with Crippen LogP contribution < -0.4 is 10.6 Å². The first-order chi connectivity index (χ1) is 12.3. The van der Waals surface area contributed by atoms with Crippen molar-refractivity contribution in [2.45, 2.75) is 4.90 Å². The first-order valence-electron chi connectivity index (χ1n) is 7.40. The maximum Gasteiger partial charge on any atom is 0.291 e. The quantitative estimate of drug-likeness (QED) is 0.696. The molecule has 0 aliphatic carbocycles. The smallest absolute Gasteiger partial charge is 0.291 e. The molecule has 0 atom stereocenters. The van der Waals surface area contributed by atoms with Crippen molar-refractivity contribution in [2.75, 3.05) is 16.9 Å². The van der Waals surface area contributed by atoms with Crippen molar-refractivity contribution in [1.29, 1.82) is 0 Å². The molecule has 0 saturated carbocycles. The maximum atomic E-state index is 12.4. The van der Waals surface area contributed by atoms with Crippen molar-refractivity contribution in [2.24, 2.45) is 0 Å². The SMILES string of the molecule is CS(=O)(=O)c1ccccc1NC(=O)c1ccc(NC(=O)c2ccco2)s1. The van der Waals surface area contributed by atoms with Gasteiger partial charge in [0, 0.05) is 6.26 Å². The second-order valence-corrected chi connectivity index (χ2v) is 8.39. The molecule has 0 aliphatic heterocycles. The molecule has 2 aromatic heterocycles. The summed E-state index contributed by atoms with van der Waals surface area (Å²) in [7, 11) is -3.48. The minimum Gasteiger partial charge on any atom is -0.459 e. The van der Waals surface area contributed by atoms with Gasteiger partial charge in [-0.1, -0.05) is 12.1 Å². The van der Waals surface area contributed by atoms with Crippen molar-refractivity contribution >= 4 is 43.7 Å². The van der Waals surface area contributed by atoms with E-state index in [1.165, 1.54) is 24.5 Å². The number of hydrogen-bond acceptors (Lipinski definition) is 6. The molecular formula is C17H14N2O5S2. The number of amides is 2. The number of thiophene rings is 1. The summed E-state index contributed by atoms with van der Waals surface area (Å²) in [5, 5.41) is 5.68. The van der Waals surface area contributed by atoms with Crippen LogP contribution in [0.3, 0.4) is 0 Å². The van der Waals surface area contributed by atoms with E-state index in [-0.39, 0.29) is 16.3 Å². The summed E-state index contributed by atoms with van der Waals surface area (Å²) in [5.41, 5.74) is 0.203. The Hall–Kier alpha value is -2.91. The molecule has 1 aromatic carbocycles. The summed E-state index contributed by atoms with van der Waals surface area (Å²) in [4.78, 5) is 24.7. The van der Waals surface area contributed by atoms with Gasteiger partial charge in [-0.25, -0.2) is 8.42 Å². The van der Waals surface area contributed by atoms with Crippen molar-refractivity contribution in [1.82, 2.24) is 0 Å². The number of nitrogens with one attached hydrogen (secondary N) is 2. The molecule has 26 heavy (non-hydrogen) atoms. The number of rotatable bonds is 5. The van der Waals surface area contributed by atoms with Gasteiger partial charge in [-0.3, -0.25) is 9.59 Å². The maximum absolute atomic E-state index is 12.4. The standard InChI is InChI=1S/C17H14N2O5S2/c1-26(22,23)14-7-3-2-5-11(14)18-17(21)13-8-9-15(25-13)19-16(20)12-6-4-10-24-12/h2-10H,1H3,(H,18,21)(H,19,20). The molecule has 0 unspecified atom stereocenters. The Kier molecular flexibility index (Phi) is 4.92. The molecule has 2 heterocycles. The van der Waals surface area contributed by atoms with Crippen LogP contribution in [-0.2, 0) is 9.84 Å². The average molecular weight is 390 g/mol. The van der Waals surface area contributed by atoms with Crippen LogP contribution in [0.15, 0.2) is 64.1 Å². The fourth-order valence-corrected chi connectivity index (χ4v) is 3.83. The van der Waals surface area contributed by atoms with Gasteiger partial charge >= 0.3 is 0 Å². The lowest BCUT2D eigenvalue weighted by atomic mass is 10.3. The third-order valence-electron chi connectivity index (χ3n) is 3.35. The highest BCUT2D eigenvalue weighted by atomic mass is 32.2. The van der Waals surface area contributed by atoms with E-state index in [4.69, 9.17) is 4.42 Å². The Balaban J connectivity index is 1.74. The number of anilines is 2. The molecule has 0 spiro atoms. The van der Waals surface area contributed by atoms with Gasteiger partial charge in [0.15, 0.2) is 15.6 Å². The van der Waals surface area contributed by atoms with Gasteiger partial charge in [0.2, 0.25) is 0 Å². The summed E-state index contributed by atoms with van der Waals surface area (Å²) in [6.07, 6.45) is 2.47. The number of benzene rings is 1. The Morgan fingerprint density at radius 2 is 1.73 bits per heavy atom. The number of carbonyl (C=O) groups is 2. The Labute approximate surface area is 153 Å². The molecule has 0 aliphatic rings. The highest BCUT2D eigenvalue weighted by molar-refractivity contribution is 7.90. The first-order valence-corrected chi connectivity index (χ1v) is 10.1. The lowest BCUT2D eigenvalue weighted by Crippen LogP contribution is -2.13.